The van der Waals surface area contributed by atoms with Crippen LogP contribution in [0, 0.1) is 21.4 Å². The zero-order chi connectivity index (χ0) is 14.5. The number of nitro groups is 1. The molecule has 0 amide bonds. The maximum absolute atomic E-state index is 10.6. The van der Waals surface area contributed by atoms with Gasteiger partial charge in [-0.3, -0.25) is 10.1 Å². The van der Waals surface area contributed by atoms with E-state index >= 15 is 0 Å². The maximum Gasteiger partial charge on any atom is 0.269 e. The third kappa shape index (κ3) is 3.11. The van der Waals surface area contributed by atoms with Crippen LogP contribution in [-0.4, -0.2) is 4.92 Å². The number of rotatable bonds is 3. The summed E-state index contributed by atoms with van der Waals surface area (Å²) in [4.78, 5) is 10.1. The summed E-state index contributed by atoms with van der Waals surface area (Å²) in [5.41, 5.74) is 1.98. The Labute approximate surface area is 124 Å². The van der Waals surface area contributed by atoms with Gasteiger partial charge in [0, 0.05) is 16.6 Å². The van der Waals surface area contributed by atoms with Crippen molar-refractivity contribution in [1.82, 2.24) is 0 Å². The number of hydrogen-bond donors (Lipinski definition) is 0. The van der Waals surface area contributed by atoms with Crippen molar-refractivity contribution < 1.29 is 4.92 Å². The minimum absolute atomic E-state index is 0.00642. The molecule has 0 aliphatic carbocycles. The van der Waals surface area contributed by atoms with Gasteiger partial charge in [-0.1, -0.05) is 34.1 Å². The molecule has 0 spiro atoms. The van der Waals surface area contributed by atoms with E-state index in [1.165, 1.54) is 12.1 Å². The first kappa shape index (κ1) is 14.0. The van der Waals surface area contributed by atoms with Crippen LogP contribution in [0.3, 0.4) is 0 Å². The number of nitro benzene ring substituents is 1. The highest BCUT2D eigenvalue weighted by Crippen LogP contribution is 2.24. The van der Waals surface area contributed by atoms with E-state index in [0.717, 1.165) is 10.0 Å². The average Bonchev–Trinajstić information content (AvgIpc) is 2.46. The van der Waals surface area contributed by atoms with Gasteiger partial charge in [0.25, 0.3) is 5.69 Å². The second kappa shape index (κ2) is 6.13. The molecule has 0 saturated carbocycles. The predicted molar refractivity (Wildman–Crippen MR) is 80.7 cm³/mol. The molecule has 0 saturated heterocycles. The number of halogens is 1. The Morgan fingerprint density at radius 2 is 1.85 bits per heavy atom. The number of allylic oxidation sites excluding steroid dienone is 1. The van der Waals surface area contributed by atoms with Gasteiger partial charge < -0.3 is 0 Å². The standard InChI is InChI=1S/C15H9BrN2O2/c16-15-4-2-1-3-12(15)9-13(10-17)11-5-7-14(8-6-11)18(19)20/h1-9H. The first-order valence-electron chi connectivity index (χ1n) is 5.73. The van der Waals surface area contributed by atoms with Gasteiger partial charge in [0.15, 0.2) is 0 Å². The largest absolute Gasteiger partial charge is 0.269 e. The van der Waals surface area contributed by atoms with Gasteiger partial charge in [0.2, 0.25) is 0 Å². The van der Waals surface area contributed by atoms with Gasteiger partial charge in [0.1, 0.15) is 0 Å². The van der Waals surface area contributed by atoms with E-state index in [9.17, 15) is 15.4 Å². The lowest BCUT2D eigenvalue weighted by Crippen LogP contribution is -1.88. The van der Waals surface area contributed by atoms with Crippen molar-refractivity contribution in [3.8, 4) is 6.07 Å². The molecule has 2 rings (SSSR count). The molecule has 2 aromatic rings. The number of non-ortho nitro benzene ring substituents is 1. The number of nitrogens with zero attached hydrogens (tertiary/aromatic N) is 2. The summed E-state index contributed by atoms with van der Waals surface area (Å²) in [7, 11) is 0. The highest BCUT2D eigenvalue weighted by Gasteiger charge is 2.07. The van der Waals surface area contributed by atoms with Gasteiger partial charge >= 0.3 is 0 Å². The maximum atomic E-state index is 10.6. The van der Waals surface area contributed by atoms with Crippen LogP contribution >= 0.6 is 15.9 Å². The third-order valence-corrected chi connectivity index (χ3v) is 3.44. The highest BCUT2D eigenvalue weighted by atomic mass is 79.9. The molecule has 0 fully saturated rings. The summed E-state index contributed by atoms with van der Waals surface area (Å²) in [5, 5.41) is 19.8. The molecule has 0 aliphatic heterocycles. The fraction of sp³-hybridized carbons (Fsp3) is 0. The number of hydrogen-bond acceptors (Lipinski definition) is 3. The van der Waals surface area contributed by atoms with E-state index in [1.807, 2.05) is 24.3 Å². The molecule has 20 heavy (non-hydrogen) atoms. The van der Waals surface area contributed by atoms with Crippen molar-refractivity contribution in [3.63, 3.8) is 0 Å². The van der Waals surface area contributed by atoms with Gasteiger partial charge in [-0.05, 0) is 35.4 Å². The summed E-state index contributed by atoms with van der Waals surface area (Å²) in [6, 6.07) is 15.6. The molecule has 4 nitrogen and oxygen atoms in total. The van der Waals surface area contributed by atoms with Crippen LogP contribution in [0.5, 0.6) is 0 Å². The van der Waals surface area contributed by atoms with Crippen LogP contribution in [0.2, 0.25) is 0 Å². The van der Waals surface area contributed by atoms with Gasteiger partial charge in [-0.2, -0.15) is 5.26 Å². The van der Waals surface area contributed by atoms with Crippen LogP contribution in [0.15, 0.2) is 53.0 Å². The van der Waals surface area contributed by atoms with E-state index < -0.39 is 4.92 Å². The molecular formula is C15H9BrN2O2. The molecule has 98 valence electrons. The van der Waals surface area contributed by atoms with Crippen molar-refractivity contribution >= 4 is 33.3 Å². The average molecular weight is 329 g/mol. The lowest BCUT2D eigenvalue weighted by molar-refractivity contribution is -0.384. The molecule has 0 radical (unpaired) electrons. The van der Waals surface area contributed by atoms with Crippen LogP contribution < -0.4 is 0 Å². The molecule has 0 atom stereocenters. The van der Waals surface area contributed by atoms with Crippen molar-refractivity contribution in [3.05, 3.63) is 74.2 Å². The number of benzene rings is 2. The molecule has 0 N–H and O–H groups in total. The summed E-state index contributed by atoms with van der Waals surface area (Å²) in [6.45, 7) is 0. The van der Waals surface area contributed by atoms with E-state index in [0.29, 0.717) is 11.1 Å². The summed E-state index contributed by atoms with van der Waals surface area (Å²) < 4.78 is 0.884. The van der Waals surface area contributed by atoms with Crippen LogP contribution in [0.4, 0.5) is 5.69 Å². The molecule has 5 heteroatoms. The van der Waals surface area contributed by atoms with Crippen LogP contribution in [0.25, 0.3) is 11.6 Å². The Morgan fingerprint density at radius 3 is 2.40 bits per heavy atom. The second-order valence-electron chi connectivity index (χ2n) is 4.00. The van der Waals surface area contributed by atoms with Crippen molar-refractivity contribution in [1.29, 1.82) is 5.26 Å². The lowest BCUT2D eigenvalue weighted by Gasteiger charge is -2.01. The van der Waals surface area contributed by atoms with Crippen LogP contribution in [0.1, 0.15) is 11.1 Å². The summed E-state index contributed by atoms with van der Waals surface area (Å²) in [6.07, 6.45) is 1.74. The van der Waals surface area contributed by atoms with Crippen molar-refractivity contribution in [2.45, 2.75) is 0 Å². The first-order chi connectivity index (χ1) is 9.61. The topological polar surface area (TPSA) is 66.9 Å². The van der Waals surface area contributed by atoms with E-state index in [1.54, 1.807) is 18.2 Å². The molecule has 0 aromatic heterocycles. The van der Waals surface area contributed by atoms with E-state index in [2.05, 4.69) is 22.0 Å². The van der Waals surface area contributed by atoms with Gasteiger partial charge in [0.05, 0.1) is 16.6 Å². The fourth-order valence-corrected chi connectivity index (χ4v) is 2.09. The van der Waals surface area contributed by atoms with Gasteiger partial charge in [-0.15, -0.1) is 0 Å². The highest BCUT2D eigenvalue weighted by molar-refractivity contribution is 9.10. The first-order valence-corrected chi connectivity index (χ1v) is 6.52. The SMILES string of the molecule is N#CC(=Cc1ccccc1Br)c1ccc([N+](=O)[O-])cc1. The second-order valence-corrected chi connectivity index (χ2v) is 4.85. The quantitative estimate of drug-likeness (QED) is 0.362. The minimum Gasteiger partial charge on any atom is -0.258 e. The molecular weight excluding hydrogens is 320 g/mol. The Morgan fingerprint density at radius 1 is 1.20 bits per heavy atom. The Kier molecular flexibility index (Phi) is 4.28. The lowest BCUT2D eigenvalue weighted by atomic mass is 10.0. The Balaban J connectivity index is 2.41. The molecule has 0 aliphatic rings. The molecule has 0 unspecified atom stereocenters. The Bertz CT molecular complexity index is 715. The molecule has 2 aromatic carbocycles. The van der Waals surface area contributed by atoms with Gasteiger partial charge in [-0.25, -0.2) is 0 Å². The monoisotopic (exact) mass is 328 g/mol. The Hall–Kier alpha value is -2.45. The predicted octanol–water partition coefficient (Wildman–Crippen LogP) is 4.42. The molecule has 0 heterocycles. The number of nitriles is 1. The van der Waals surface area contributed by atoms with E-state index in [4.69, 9.17) is 0 Å². The zero-order valence-corrected chi connectivity index (χ0v) is 11.9. The fourth-order valence-electron chi connectivity index (χ4n) is 1.69. The molecule has 0 bridgehead atoms. The smallest absolute Gasteiger partial charge is 0.258 e. The summed E-state index contributed by atoms with van der Waals surface area (Å²) >= 11 is 3.41. The zero-order valence-electron chi connectivity index (χ0n) is 10.3. The van der Waals surface area contributed by atoms with Crippen molar-refractivity contribution in [2.75, 3.05) is 0 Å². The van der Waals surface area contributed by atoms with E-state index in [-0.39, 0.29) is 5.69 Å². The normalized spacial score (nSPS) is 10.9. The van der Waals surface area contributed by atoms with Crippen LogP contribution in [-0.2, 0) is 0 Å². The van der Waals surface area contributed by atoms with Crippen molar-refractivity contribution in [2.24, 2.45) is 0 Å². The summed E-state index contributed by atoms with van der Waals surface area (Å²) in [5.74, 6) is 0. The minimum atomic E-state index is -0.465. The third-order valence-electron chi connectivity index (χ3n) is 2.71.